The van der Waals surface area contributed by atoms with Crippen molar-refractivity contribution >= 4 is 29.9 Å². The Morgan fingerprint density at radius 2 is 2.04 bits per heavy atom. The van der Waals surface area contributed by atoms with E-state index in [0.717, 1.165) is 31.0 Å². The van der Waals surface area contributed by atoms with Gasteiger partial charge in [-0.15, -0.1) is 34.2 Å². The molecule has 1 aromatic carbocycles. The third-order valence-electron chi connectivity index (χ3n) is 4.45. The lowest BCUT2D eigenvalue weighted by atomic mass is 10.2. The van der Waals surface area contributed by atoms with Crippen LogP contribution < -0.4 is 10.6 Å². The van der Waals surface area contributed by atoms with E-state index in [1.54, 1.807) is 19.2 Å². The molecule has 0 unspecified atom stereocenters. The zero-order valence-corrected chi connectivity index (χ0v) is 17.4. The summed E-state index contributed by atoms with van der Waals surface area (Å²) in [6, 6.07) is 6.74. The van der Waals surface area contributed by atoms with E-state index in [9.17, 15) is 4.39 Å². The van der Waals surface area contributed by atoms with Gasteiger partial charge in [0.15, 0.2) is 5.96 Å². The first-order valence-electron chi connectivity index (χ1n) is 8.87. The molecule has 0 aliphatic carbocycles. The van der Waals surface area contributed by atoms with E-state index in [2.05, 4.69) is 30.4 Å². The van der Waals surface area contributed by atoms with Crippen molar-refractivity contribution in [3.05, 3.63) is 47.3 Å². The molecule has 0 bridgehead atoms. The molecule has 26 heavy (non-hydrogen) atoms. The Labute approximate surface area is 170 Å². The number of benzene rings is 1. The number of fused-ring (bicyclic) bond motifs is 1. The molecule has 3 rings (SSSR count). The highest BCUT2D eigenvalue weighted by Crippen LogP contribution is 2.14. The standard InChI is InChI=1S/C18H25FN6.HI/c1-20-18(22-13-14-7-4-5-8-15(14)19)21-11-10-17-24-23-16-9-3-2-6-12-25(16)17;/h4-5,7-8H,2-3,6,9-13H2,1H3,(H2,20,21,22);1H. The Morgan fingerprint density at radius 3 is 2.85 bits per heavy atom. The SMILES string of the molecule is CN=C(NCCc1nnc2n1CCCCC2)NCc1ccccc1F.I. The van der Waals surface area contributed by atoms with Gasteiger partial charge in [-0.3, -0.25) is 4.99 Å². The average Bonchev–Trinajstić information content (AvgIpc) is 2.86. The molecule has 0 saturated carbocycles. The van der Waals surface area contributed by atoms with Crippen LogP contribution in [0.25, 0.3) is 0 Å². The molecule has 2 heterocycles. The van der Waals surface area contributed by atoms with Crippen LogP contribution in [0, 0.1) is 5.82 Å². The van der Waals surface area contributed by atoms with Gasteiger partial charge in [0.25, 0.3) is 0 Å². The van der Waals surface area contributed by atoms with Gasteiger partial charge in [-0.1, -0.05) is 24.6 Å². The predicted molar refractivity (Wildman–Crippen MR) is 111 cm³/mol. The molecule has 6 nitrogen and oxygen atoms in total. The number of nitrogens with zero attached hydrogens (tertiary/aromatic N) is 4. The Kier molecular flexibility index (Phi) is 8.27. The molecule has 0 amide bonds. The number of halogens is 2. The first-order valence-corrected chi connectivity index (χ1v) is 8.87. The number of rotatable bonds is 5. The molecular formula is C18H26FIN6. The lowest BCUT2D eigenvalue weighted by Crippen LogP contribution is -2.38. The molecule has 0 atom stereocenters. The van der Waals surface area contributed by atoms with Crippen molar-refractivity contribution in [3.8, 4) is 0 Å². The van der Waals surface area contributed by atoms with Gasteiger partial charge in [-0.25, -0.2) is 4.39 Å². The number of hydrogen-bond donors (Lipinski definition) is 2. The molecule has 8 heteroatoms. The van der Waals surface area contributed by atoms with Gasteiger partial charge in [0.2, 0.25) is 0 Å². The normalized spacial score (nSPS) is 14.2. The minimum atomic E-state index is -0.211. The lowest BCUT2D eigenvalue weighted by Gasteiger charge is -2.12. The van der Waals surface area contributed by atoms with Gasteiger partial charge in [0.1, 0.15) is 17.5 Å². The minimum Gasteiger partial charge on any atom is -0.356 e. The maximum absolute atomic E-state index is 13.7. The number of nitrogens with one attached hydrogen (secondary N) is 2. The molecule has 2 N–H and O–H groups in total. The summed E-state index contributed by atoms with van der Waals surface area (Å²) < 4.78 is 15.9. The van der Waals surface area contributed by atoms with Crippen LogP contribution >= 0.6 is 24.0 Å². The zero-order valence-electron chi connectivity index (χ0n) is 15.0. The maximum atomic E-state index is 13.7. The number of guanidine groups is 1. The molecule has 0 saturated heterocycles. The van der Waals surface area contributed by atoms with E-state index < -0.39 is 0 Å². The number of aliphatic imine (C=N–C) groups is 1. The van der Waals surface area contributed by atoms with Crippen LogP contribution in [-0.2, 0) is 25.9 Å². The van der Waals surface area contributed by atoms with Gasteiger partial charge in [0.05, 0.1) is 0 Å². The monoisotopic (exact) mass is 472 g/mol. The van der Waals surface area contributed by atoms with E-state index in [0.29, 0.717) is 24.6 Å². The summed E-state index contributed by atoms with van der Waals surface area (Å²) in [6.07, 6.45) is 5.45. The molecule has 0 radical (unpaired) electrons. The predicted octanol–water partition coefficient (Wildman–Crippen LogP) is 2.67. The summed E-state index contributed by atoms with van der Waals surface area (Å²) in [5.41, 5.74) is 0.619. The quantitative estimate of drug-likeness (QED) is 0.399. The summed E-state index contributed by atoms with van der Waals surface area (Å²) >= 11 is 0. The van der Waals surface area contributed by atoms with Crippen LogP contribution in [0.4, 0.5) is 4.39 Å². The second kappa shape index (κ2) is 10.4. The van der Waals surface area contributed by atoms with Crippen LogP contribution in [0.15, 0.2) is 29.3 Å². The average molecular weight is 472 g/mol. The molecule has 1 aliphatic rings. The number of hydrogen-bond acceptors (Lipinski definition) is 3. The number of aryl methyl sites for hydroxylation is 1. The second-order valence-electron chi connectivity index (χ2n) is 6.19. The summed E-state index contributed by atoms with van der Waals surface area (Å²) in [7, 11) is 1.71. The van der Waals surface area contributed by atoms with Gasteiger partial charge < -0.3 is 15.2 Å². The van der Waals surface area contributed by atoms with Crippen LogP contribution in [0.3, 0.4) is 0 Å². The fourth-order valence-corrected chi connectivity index (χ4v) is 3.06. The van der Waals surface area contributed by atoms with Crippen LogP contribution in [0.5, 0.6) is 0 Å². The lowest BCUT2D eigenvalue weighted by molar-refractivity contribution is 0.598. The van der Waals surface area contributed by atoms with E-state index in [-0.39, 0.29) is 29.8 Å². The maximum Gasteiger partial charge on any atom is 0.191 e. The topological polar surface area (TPSA) is 67.1 Å². The van der Waals surface area contributed by atoms with E-state index >= 15 is 0 Å². The van der Waals surface area contributed by atoms with E-state index in [1.165, 1.54) is 25.3 Å². The van der Waals surface area contributed by atoms with Crippen molar-refractivity contribution in [3.63, 3.8) is 0 Å². The molecule has 2 aromatic rings. The Balaban J connectivity index is 0.00000243. The summed E-state index contributed by atoms with van der Waals surface area (Å²) in [5, 5.41) is 15.0. The summed E-state index contributed by atoms with van der Waals surface area (Å²) in [6.45, 7) is 2.11. The third kappa shape index (κ3) is 5.39. The van der Waals surface area contributed by atoms with Gasteiger partial charge in [-0.05, 0) is 18.9 Å². The van der Waals surface area contributed by atoms with E-state index in [4.69, 9.17) is 0 Å². The van der Waals surface area contributed by atoms with Crippen LogP contribution in [0.1, 0.15) is 36.5 Å². The molecule has 0 spiro atoms. The van der Waals surface area contributed by atoms with Gasteiger partial charge in [0, 0.05) is 45.1 Å². The Morgan fingerprint density at radius 1 is 1.19 bits per heavy atom. The first kappa shape index (κ1) is 20.6. The Hall–Kier alpha value is -1.71. The van der Waals surface area contributed by atoms with Crippen LogP contribution in [0.2, 0.25) is 0 Å². The van der Waals surface area contributed by atoms with Crippen molar-refractivity contribution in [2.45, 2.75) is 45.2 Å². The van der Waals surface area contributed by atoms with Crippen LogP contribution in [-0.4, -0.2) is 34.3 Å². The van der Waals surface area contributed by atoms with Gasteiger partial charge in [-0.2, -0.15) is 0 Å². The Bertz CT molecular complexity index is 730. The minimum absolute atomic E-state index is 0. The highest BCUT2D eigenvalue weighted by Gasteiger charge is 2.14. The fraction of sp³-hybridized carbons (Fsp3) is 0.500. The zero-order chi connectivity index (χ0) is 17.5. The van der Waals surface area contributed by atoms with Crippen molar-refractivity contribution in [1.82, 2.24) is 25.4 Å². The molecular weight excluding hydrogens is 446 g/mol. The largest absolute Gasteiger partial charge is 0.356 e. The number of aromatic nitrogens is 3. The van der Waals surface area contributed by atoms with E-state index in [1.807, 2.05) is 6.07 Å². The molecule has 1 aromatic heterocycles. The second-order valence-corrected chi connectivity index (χ2v) is 6.19. The van der Waals surface area contributed by atoms with Crippen molar-refractivity contribution < 1.29 is 4.39 Å². The van der Waals surface area contributed by atoms with Gasteiger partial charge >= 0.3 is 0 Å². The fourth-order valence-electron chi connectivity index (χ4n) is 3.06. The summed E-state index contributed by atoms with van der Waals surface area (Å²) in [5.74, 6) is 2.57. The highest BCUT2D eigenvalue weighted by atomic mass is 127. The molecule has 0 fully saturated rings. The third-order valence-corrected chi connectivity index (χ3v) is 4.45. The van der Waals surface area contributed by atoms with Crippen molar-refractivity contribution in [2.24, 2.45) is 4.99 Å². The van der Waals surface area contributed by atoms with Crippen molar-refractivity contribution in [1.29, 1.82) is 0 Å². The molecule has 142 valence electrons. The first-order chi connectivity index (χ1) is 12.3. The smallest absolute Gasteiger partial charge is 0.191 e. The summed E-state index contributed by atoms with van der Waals surface area (Å²) in [4.78, 5) is 4.18. The molecule has 1 aliphatic heterocycles. The van der Waals surface area contributed by atoms with Crippen molar-refractivity contribution in [2.75, 3.05) is 13.6 Å². The highest BCUT2D eigenvalue weighted by molar-refractivity contribution is 14.0.